The van der Waals surface area contributed by atoms with E-state index in [9.17, 15) is 61.0 Å². The molecule has 17 atom stereocenters. The molecular weight excluding hydrogens is 1030 g/mol. The van der Waals surface area contributed by atoms with E-state index in [1.54, 1.807) is 6.08 Å². The van der Waals surface area contributed by atoms with Gasteiger partial charge in [0.2, 0.25) is 5.91 Å². The van der Waals surface area contributed by atoms with Gasteiger partial charge in [-0.05, 0) is 77.0 Å². The molecule has 0 aromatic rings. The zero-order valence-corrected chi connectivity index (χ0v) is 48.3. The number of aliphatic hydroxyl groups is 11. The van der Waals surface area contributed by atoms with E-state index in [0.29, 0.717) is 12.8 Å². The minimum atomic E-state index is -1.98. The lowest BCUT2D eigenvalue weighted by atomic mass is 9.96. The van der Waals surface area contributed by atoms with Crippen molar-refractivity contribution in [2.75, 3.05) is 26.4 Å². The molecule has 3 aliphatic heterocycles. The monoisotopic (exact) mass is 1140 g/mol. The Bertz CT molecular complexity index is 1700. The van der Waals surface area contributed by atoms with E-state index >= 15 is 0 Å². The molecule has 0 aromatic carbocycles. The number of carbonyl (C=O) groups excluding carboxylic acids is 1. The Morgan fingerprint density at radius 1 is 0.450 bits per heavy atom. The molecular formula is C61H107NO18. The van der Waals surface area contributed by atoms with E-state index in [0.717, 1.165) is 64.2 Å². The van der Waals surface area contributed by atoms with E-state index in [2.05, 4.69) is 67.8 Å². The molecule has 1 amide bonds. The number of nitrogens with one attached hydrogen (secondary N) is 1. The fourth-order valence-corrected chi connectivity index (χ4v) is 9.96. The third-order valence-electron chi connectivity index (χ3n) is 15.0. The Labute approximate surface area is 477 Å². The van der Waals surface area contributed by atoms with E-state index in [1.165, 1.54) is 89.9 Å². The van der Waals surface area contributed by atoms with Gasteiger partial charge in [-0.25, -0.2) is 0 Å². The minimum absolute atomic E-state index is 0.225. The molecule has 3 saturated heterocycles. The Morgan fingerprint density at radius 3 is 1.34 bits per heavy atom. The first-order valence-electron chi connectivity index (χ1n) is 30.5. The summed E-state index contributed by atoms with van der Waals surface area (Å²) in [7, 11) is 0. The SMILES string of the molecule is CCCCCC/C=C/CC/C=C/CC/C=C/C(O)C(COC1OC(CO)C(OC2OC(CO)C(OC3OC(CO)C(O)C(O)C3O)C(O)C2O)C(O)C1O)NC(=O)CCCCCCCCCCC/C=C\C/C=C\CCCCCCC. The second-order valence-corrected chi connectivity index (χ2v) is 21.8. The Balaban J connectivity index is 1.50. The lowest BCUT2D eigenvalue weighted by Crippen LogP contribution is -2.66. The first-order chi connectivity index (χ1) is 38.8. The van der Waals surface area contributed by atoms with E-state index < -0.39 is 124 Å². The van der Waals surface area contributed by atoms with Gasteiger partial charge in [-0.1, -0.05) is 164 Å². The van der Waals surface area contributed by atoms with Crippen LogP contribution in [0.4, 0.5) is 0 Å². The molecule has 0 radical (unpaired) electrons. The smallest absolute Gasteiger partial charge is 0.220 e. The molecule has 19 nitrogen and oxygen atoms in total. The predicted molar refractivity (Wildman–Crippen MR) is 305 cm³/mol. The van der Waals surface area contributed by atoms with Crippen LogP contribution in [-0.2, 0) is 33.2 Å². The lowest BCUT2D eigenvalue weighted by molar-refractivity contribution is -0.379. The second-order valence-electron chi connectivity index (χ2n) is 21.8. The molecule has 17 unspecified atom stereocenters. The summed E-state index contributed by atoms with van der Waals surface area (Å²) in [5, 5.41) is 120. The number of hydrogen-bond acceptors (Lipinski definition) is 18. The van der Waals surface area contributed by atoms with Crippen molar-refractivity contribution in [3.63, 3.8) is 0 Å². The first-order valence-corrected chi connectivity index (χ1v) is 30.5. The molecule has 3 heterocycles. The van der Waals surface area contributed by atoms with Crippen molar-refractivity contribution in [3.05, 3.63) is 60.8 Å². The van der Waals surface area contributed by atoms with Crippen LogP contribution in [0.5, 0.6) is 0 Å². The number of rotatable bonds is 44. The highest BCUT2D eigenvalue weighted by Gasteiger charge is 2.53. The highest BCUT2D eigenvalue weighted by Crippen LogP contribution is 2.33. The van der Waals surface area contributed by atoms with Gasteiger partial charge in [0, 0.05) is 6.42 Å². The van der Waals surface area contributed by atoms with Crippen LogP contribution >= 0.6 is 0 Å². The zero-order valence-electron chi connectivity index (χ0n) is 48.3. The molecule has 0 aliphatic carbocycles. The van der Waals surface area contributed by atoms with E-state index in [4.69, 9.17) is 28.4 Å². The first kappa shape index (κ1) is 71.8. The van der Waals surface area contributed by atoms with Crippen LogP contribution in [-0.4, -0.2) is 193 Å². The van der Waals surface area contributed by atoms with Crippen molar-refractivity contribution in [3.8, 4) is 0 Å². The largest absolute Gasteiger partial charge is 0.394 e. The minimum Gasteiger partial charge on any atom is -0.394 e. The highest BCUT2D eigenvalue weighted by atomic mass is 16.8. The van der Waals surface area contributed by atoms with Gasteiger partial charge in [0.25, 0.3) is 0 Å². The Morgan fingerprint density at radius 2 is 0.838 bits per heavy atom. The van der Waals surface area contributed by atoms with Gasteiger partial charge in [0.05, 0.1) is 38.6 Å². The molecule has 3 fully saturated rings. The fraction of sp³-hybridized carbons (Fsp3) is 0.820. The maximum atomic E-state index is 13.3. The number of unbranched alkanes of at least 4 members (excludes halogenated alkanes) is 20. The molecule has 3 aliphatic rings. The standard InChI is InChI=1S/C61H107NO18/c1-3-5-7-9-11-13-15-17-19-20-21-22-23-24-25-27-29-31-33-35-37-39-49(67)62-44(45(66)38-36-34-32-30-28-26-18-16-14-12-10-8-6-4-2)43-75-59-55(73)52(70)57(47(41-64)77-59)80-61-56(74)53(71)58(48(42-65)78-61)79-60-54(72)51(69)50(68)46(40-63)76-60/h14-17,20-21,28,30,36,38,44-48,50-61,63-66,68-74H,3-13,18-19,22-27,29,31-35,37,39-43H2,1-2H3,(H,62,67)/b16-14+,17-15-,21-20-,30-28+,38-36+. The second kappa shape index (κ2) is 44.0. The molecule has 80 heavy (non-hydrogen) atoms. The molecule has 19 heteroatoms. The summed E-state index contributed by atoms with van der Waals surface area (Å²) >= 11 is 0. The molecule has 0 bridgehead atoms. The maximum absolute atomic E-state index is 13.3. The van der Waals surface area contributed by atoms with Gasteiger partial charge in [0.15, 0.2) is 18.9 Å². The summed E-state index contributed by atoms with van der Waals surface area (Å²) in [6.45, 7) is 1.64. The Kier molecular flexibility index (Phi) is 39.5. The third-order valence-corrected chi connectivity index (χ3v) is 15.0. The molecule has 0 saturated carbocycles. The van der Waals surface area contributed by atoms with Crippen molar-refractivity contribution in [1.29, 1.82) is 0 Å². The Hall–Kier alpha value is -2.51. The number of aliphatic hydroxyl groups excluding tert-OH is 11. The van der Waals surface area contributed by atoms with Crippen LogP contribution < -0.4 is 5.32 Å². The summed E-state index contributed by atoms with van der Waals surface area (Å²) < 4.78 is 34.2. The predicted octanol–water partition coefficient (Wildman–Crippen LogP) is 5.65. The van der Waals surface area contributed by atoms with Gasteiger partial charge < -0.3 is 89.9 Å². The van der Waals surface area contributed by atoms with Crippen LogP contribution in [0.25, 0.3) is 0 Å². The molecule has 464 valence electrons. The average Bonchev–Trinajstić information content (AvgIpc) is 3.50. The summed E-state index contributed by atoms with van der Waals surface area (Å²) in [5.41, 5.74) is 0. The van der Waals surface area contributed by atoms with Gasteiger partial charge >= 0.3 is 0 Å². The van der Waals surface area contributed by atoms with E-state index in [-0.39, 0.29) is 18.9 Å². The highest BCUT2D eigenvalue weighted by molar-refractivity contribution is 5.76. The number of amides is 1. The molecule has 3 rings (SSSR count). The quantitative estimate of drug-likeness (QED) is 0.0259. The van der Waals surface area contributed by atoms with E-state index in [1.807, 2.05) is 6.08 Å². The van der Waals surface area contributed by atoms with Gasteiger partial charge in [-0.2, -0.15) is 0 Å². The van der Waals surface area contributed by atoms with Crippen LogP contribution in [0.1, 0.15) is 187 Å². The van der Waals surface area contributed by atoms with Crippen molar-refractivity contribution in [2.45, 2.75) is 291 Å². The third kappa shape index (κ3) is 27.5. The number of carbonyl (C=O) groups is 1. The summed E-state index contributed by atoms with van der Waals surface area (Å²) in [6, 6.07) is -0.999. The lowest BCUT2D eigenvalue weighted by Gasteiger charge is -2.48. The number of ether oxygens (including phenoxy) is 6. The normalized spacial score (nSPS) is 30.4. The summed E-state index contributed by atoms with van der Waals surface area (Å²) in [6.07, 6.45) is 23.4. The van der Waals surface area contributed by atoms with Crippen LogP contribution in [0.3, 0.4) is 0 Å². The fourth-order valence-electron chi connectivity index (χ4n) is 9.96. The average molecular weight is 1140 g/mol. The topological polar surface area (TPSA) is 307 Å². The van der Waals surface area contributed by atoms with Crippen molar-refractivity contribution >= 4 is 5.91 Å². The van der Waals surface area contributed by atoms with Gasteiger partial charge in [-0.3, -0.25) is 4.79 Å². The van der Waals surface area contributed by atoms with Crippen molar-refractivity contribution in [2.24, 2.45) is 0 Å². The van der Waals surface area contributed by atoms with Crippen LogP contribution in [0, 0.1) is 0 Å². The maximum Gasteiger partial charge on any atom is 0.220 e. The molecule has 12 N–H and O–H groups in total. The van der Waals surface area contributed by atoms with Gasteiger partial charge in [0.1, 0.15) is 73.2 Å². The van der Waals surface area contributed by atoms with Crippen LogP contribution in [0.2, 0.25) is 0 Å². The van der Waals surface area contributed by atoms with Gasteiger partial charge in [-0.15, -0.1) is 0 Å². The number of allylic oxidation sites excluding steroid dienone is 9. The molecule has 0 aromatic heterocycles. The van der Waals surface area contributed by atoms with Crippen molar-refractivity contribution < 1.29 is 89.4 Å². The molecule has 0 spiro atoms. The summed E-state index contributed by atoms with van der Waals surface area (Å²) in [4.78, 5) is 13.3. The summed E-state index contributed by atoms with van der Waals surface area (Å²) in [5.74, 6) is -0.297. The van der Waals surface area contributed by atoms with Crippen LogP contribution in [0.15, 0.2) is 60.8 Å². The zero-order chi connectivity index (χ0) is 58.3. The number of hydrogen-bond donors (Lipinski definition) is 12. The van der Waals surface area contributed by atoms with Crippen molar-refractivity contribution in [1.82, 2.24) is 5.32 Å².